The molecule has 0 saturated carbocycles. The minimum absolute atomic E-state index is 0.202. The Morgan fingerprint density at radius 3 is 2.83 bits per heavy atom. The number of benzene rings is 1. The number of nitrogens with zero attached hydrogens (tertiary/aromatic N) is 1. The highest BCUT2D eigenvalue weighted by Gasteiger charge is 2.24. The van der Waals surface area contributed by atoms with Gasteiger partial charge in [-0.05, 0) is 29.8 Å². The van der Waals surface area contributed by atoms with Crippen LogP contribution >= 0.6 is 0 Å². The number of ether oxygens (including phenoxy) is 1. The lowest BCUT2D eigenvalue weighted by Gasteiger charge is -2.05. The fourth-order valence-electron chi connectivity index (χ4n) is 1.70. The van der Waals surface area contributed by atoms with E-state index in [4.69, 9.17) is 10.7 Å². The second-order valence-corrected chi connectivity index (χ2v) is 3.89. The zero-order valence-corrected chi connectivity index (χ0v) is 9.96. The van der Waals surface area contributed by atoms with Crippen LogP contribution in [0.3, 0.4) is 0 Å². The largest absolute Gasteiger partial charge is 0.469 e. The number of nitrogens with two attached hydrogens (primary N) is 1. The van der Waals surface area contributed by atoms with Gasteiger partial charge in [-0.25, -0.2) is 0 Å². The van der Waals surface area contributed by atoms with E-state index in [1.807, 2.05) is 12.1 Å². The average Bonchev–Trinajstić information content (AvgIpc) is 2.87. The Kier molecular flexibility index (Phi) is 3.78. The van der Waals surface area contributed by atoms with Gasteiger partial charge >= 0.3 is 5.97 Å². The SMILES string of the molecule is COC(=O)CC1CC(c2ccc(ON)cc2)=NO1. The molecule has 0 spiro atoms. The van der Waals surface area contributed by atoms with E-state index in [-0.39, 0.29) is 18.5 Å². The number of methoxy groups -OCH3 is 1. The molecule has 6 heteroatoms. The van der Waals surface area contributed by atoms with E-state index in [0.29, 0.717) is 12.2 Å². The van der Waals surface area contributed by atoms with Gasteiger partial charge in [-0.15, -0.1) is 0 Å². The van der Waals surface area contributed by atoms with E-state index in [9.17, 15) is 4.79 Å². The fraction of sp³-hybridized carbons (Fsp3) is 0.333. The molecule has 0 fully saturated rings. The van der Waals surface area contributed by atoms with Gasteiger partial charge in [0.05, 0.1) is 19.2 Å². The zero-order valence-electron chi connectivity index (χ0n) is 9.96. The van der Waals surface area contributed by atoms with Crippen molar-refractivity contribution in [3.63, 3.8) is 0 Å². The van der Waals surface area contributed by atoms with Crippen LogP contribution in [0, 0.1) is 0 Å². The van der Waals surface area contributed by atoms with Crippen molar-refractivity contribution in [1.82, 2.24) is 0 Å². The molecule has 2 N–H and O–H groups in total. The van der Waals surface area contributed by atoms with Crippen LogP contribution in [0.4, 0.5) is 0 Å². The number of hydrogen-bond acceptors (Lipinski definition) is 6. The number of esters is 1. The molecule has 1 aromatic carbocycles. The number of rotatable bonds is 4. The van der Waals surface area contributed by atoms with Crippen molar-refractivity contribution in [2.75, 3.05) is 7.11 Å². The molecule has 1 aliphatic heterocycles. The topological polar surface area (TPSA) is 83.1 Å². The van der Waals surface area contributed by atoms with Crippen LogP contribution in [0.2, 0.25) is 0 Å². The van der Waals surface area contributed by atoms with Crippen LogP contribution in [0.5, 0.6) is 5.75 Å². The summed E-state index contributed by atoms with van der Waals surface area (Å²) in [6.07, 6.45) is 0.531. The molecule has 1 aromatic rings. The third kappa shape index (κ3) is 2.78. The molecule has 1 atom stereocenters. The lowest BCUT2D eigenvalue weighted by molar-refractivity contribution is -0.143. The summed E-state index contributed by atoms with van der Waals surface area (Å²) in [7, 11) is 1.35. The second-order valence-electron chi connectivity index (χ2n) is 3.89. The first-order chi connectivity index (χ1) is 8.72. The number of carbonyl (C=O) groups excluding carboxylic acids is 1. The van der Waals surface area contributed by atoms with E-state index in [1.54, 1.807) is 12.1 Å². The van der Waals surface area contributed by atoms with Crippen molar-refractivity contribution in [2.24, 2.45) is 11.1 Å². The van der Waals surface area contributed by atoms with Crippen molar-refractivity contribution in [3.8, 4) is 5.75 Å². The summed E-state index contributed by atoms with van der Waals surface area (Å²) in [6.45, 7) is 0. The lowest BCUT2D eigenvalue weighted by Crippen LogP contribution is -2.15. The van der Waals surface area contributed by atoms with E-state index >= 15 is 0 Å². The van der Waals surface area contributed by atoms with Crippen LogP contribution in [0.15, 0.2) is 29.4 Å². The lowest BCUT2D eigenvalue weighted by atomic mass is 10.0. The molecule has 6 nitrogen and oxygen atoms in total. The molecule has 0 aromatic heterocycles. The van der Waals surface area contributed by atoms with Gasteiger partial charge in [-0.2, -0.15) is 5.90 Å². The molecule has 2 rings (SSSR count). The van der Waals surface area contributed by atoms with Gasteiger partial charge in [0.2, 0.25) is 0 Å². The Bertz CT molecular complexity index is 456. The Morgan fingerprint density at radius 2 is 2.22 bits per heavy atom. The third-order valence-corrected chi connectivity index (χ3v) is 2.68. The summed E-state index contributed by atoms with van der Waals surface area (Å²) in [5.74, 6) is 5.31. The van der Waals surface area contributed by atoms with Crippen molar-refractivity contribution < 1.29 is 19.2 Å². The van der Waals surface area contributed by atoms with Crippen molar-refractivity contribution in [3.05, 3.63) is 29.8 Å². The minimum atomic E-state index is -0.302. The molecule has 1 aliphatic rings. The average molecular weight is 250 g/mol. The van der Waals surface area contributed by atoms with Gasteiger partial charge in [0.25, 0.3) is 0 Å². The highest BCUT2D eigenvalue weighted by molar-refractivity contribution is 6.01. The quantitative estimate of drug-likeness (QED) is 0.636. The van der Waals surface area contributed by atoms with Gasteiger partial charge in [-0.3, -0.25) is 4.79 Å². The van der Waals surface area contributed by atoms with Crippen LogP contribution in [0.25, 0.3) is 0 Å². The Labute approximate surface area is 104 Å². The predicted molar refractivity (Wildman–Crippen MR) is 63.9 cm³/mol. The smallest absolute Gasteiger partial charge is 0.309 e. The van der Waals surface area contributed by atoms with Crippen molar-refractivity contribution in [1.29, 1.82) is 0 Å². The van der Waals surface area contributed by atoms with Crippen molar-refractivity contribution in [2.45, 2.75) is 18.9 Å². The van der Waals surface area contributed by atoms with E-state index < -0.39 is 0 Å². The van der Waals surface area contributed by atoms with Gasteiger partial charge in [0, 0.05) is 6.42 Å². The summed E-state index contributed by atoms with van der Waals surface area (Å²) in [5.41, 5.74) is 1.72. The summed E-state index contributed by atoms with van der Waals surface area (Å²) in [6, 6.07) is 7.16. The maximum Gasteiger partial charge on any atom is 0.309 e. The summed E-state index contributed by atoms with van der Waals surface area (Å²) < 4.78 is 4.58. The van der Waals surface area contributed by atoms with Gasteiger partial charge < -0.3 is 14.4 Å². The Morgan fingerprint density at radius 1 is 1.50 bits per heavy atom. The molecule has 0 saturated heterocycles. The molecule has 1 unspecified atom stereocenters. The third-order valence-electron chi connectivity index (χ3n) is 2.68. The first-order valence-electron chi connectivity index (χ1n) is 5.49. The molecule has 1 heterocycles. The summed E-state index contributed by atoms with van der Waals surface area (Å²) in [4.78, 5) is 20.9. The van der Waals surface area contributed by atoms with Crippen LogP contribution in [0.1, 0.15) is 18.4 Å². The molecule has 96 valence electrons. The van der Waals surface area contributed by atoms with Crippen LogP contribution in [-0.4, -0.2) is 24.9 Å². The number of hydrogen-bond donors (Lipinski definition) is 1. The highest BCUT2D eigenvalue weighted by Crippen LogP contribution is 2.20. The minimum Gasteiger partial charge on any atom is -0.469 e. The normalized spacial score (nSPS) is 17.9. The summed E-state index contributed by atoms with van der Waals surface area (Å²) >= 11 is 0. The van der Waals surface area contributed by atoms with Crippen LogP contribution in [-0.2, 0) is 14.4 Å². The number of oxime groups is 1. The molecule has 0 radical (unpaired) electrons. The maximum absolute atomic E-state index is 11.1. The standard InChI is InChI=1S/C12H14N2O4/c1-16-12(15)7-10-6-11(14-18-10)8-2-4-9(17-13)5-3-8/h2-5,10H,6-7,13H2,1H3. The molecular formula is C12H14N2O4. The van der Waals surface area contributed by atoms with Crippen LogP contribution < -0.4 is 10.7 Å². The first-order valence-corrected chi connectivity index (χ1v) is 5.49. The molecular weight excluding hydrogens is 236 g/mol. The fourth-order valence-corrected chi connectivity index (χ4v) is 1.70. The molecule has 0 bridgehead atoms. The molecule has 18 heavy (non-hydrogen) atoms. The number of carbonyl (C=O) groups is 1. The Balaban J connectivity index is 1.97. The van der Waals surface area contributed by atoms with Crippen molar-refractivity contribution >= 4 is 11.7 Å². The Hall–Kier alpha value is -2.08. The van der Waals surface area contributed by atoms with E-state index in [1.165, 1.54) is 7.11 Å². The summed E-state index contributed by atoms with van der Waals surface area (Å²) in [5, 5.41) is 3.97. The first kappa shape index (κ1) is 12.4. The molecule has 0 amide bonds. The zero-order chi connectivity index (χ0) is 13.0. The second kappa shape index (κ2) is 5.50. The van der Waals surface area contributed by atoms with Gasteiger partial charge in [0.1, 0.15) is 11.9 Å². The van der Waals surface area contributed by atoms with Gasteiger partial charge in [0.15, 0.2) is 0 Å². The van der Waals surface area contributed by atoms with Gasteiger partial charge in [-0.1, -0.05) is 5.16 Å². The molecule has 0 aliphatic carbocycles. The monoisotopic (exact) mass is 250 g/mol. The highest BCUT2D eigenvalue weighted by atomic mass is 16.6. The van der Waals surface area contributed by atoms with E-state index in [0.717, 1.165) is 11.3 Å². The maximum atomic E-state index is 11.1. The predicted octanol–water partition coefficient (Wildman–Crippen LogP) is 0.995. The van der Waals surface area contributed by atoms with E-state index in [2.05, 4.69) is 14.7 Å².